The number of hydrazone groups is 1. The lowest BCUT2D eigenvalue weighted by molar-refractivity contribution is -0.118. The Bertz CT molecular complexity index is 452. The van der Waals surface area contributed by atoms with E-state index in [9.17, 15) is 4.79 Å². The minimum atomic E-state index is -0.139. The van der Waals surface area contributed by atoms with Gasteiger partial charge in [0.25, 0.3) is 5.91 Å². The number of aryl methyl sites for hydroxylation is 2. The number of carbonyl (C=O) groups excluding carboxylic acids is 1. The van der Waals surface area contributed by atoms with Crippen molar-refractivity contribution in [1.82, 2.24) is 15.4 Å². The minimum absolute atomic E-state index is 0.139. The second-order valence-electron chi connectivity index (χ2n) is 4.61. The molecule has 0 aliphatic heterocycles. The molecular formula is C14H22N4OS. The molecule has 1 aromatic heterocycles. The first kappa shape index (κ1) is 16.6. The van der Waals surface area contributed by atoms with Crippen LogP contribution in [0.3, 0.4) is 0 Å². The molecule has 0 spiro atoms. The molecule has 0 atom stereocenters. The molecule has 1 heterocycles. The monoisotopic (exact) mass is 294 g/mol. The van der Waals surface area contributed by atoms with Crippen LogP contribution in [0.15, 0.2) is 16.3 Å². The van der Waals surface area contributed by atoms with E-state index < -0.39 is 0 Å². The summed E-state index contributed by atoms with van der Waals surface area (Å²) < 4.78 is 0. The lowest BCUT2D eigenvalue weighted by Gasteiger charge is -2.05. The Morgan fingerprint density at radius 3 is 2.50 bits per heavy atom. The average molecular weight is 294 g/mol. The molecule has 0 bridgehead atoms. The highest BCUT2D eigenvalue weighted by Gasteiger charge is 2.05. The quantitative estimate of drug-likeness (QED) is 0.363. The Hall–Kier alpha value is -1.43. The number of thioether (sulfide) groups is 1. The fourth-order valence-corrected chi connectivity index (χ4v) is 2.38. The van der Waals surface area contributed by atoms with Crippen LogP contribution in [0.25, 0.3) is 0 Å². The van der Waals surface area contributed by atoms with Crippen molar-refractivity contribution in [2.75, 3.05) is 5.75 Å². The third-order valence-corrected chi connectivity index (χ3v) is 3.66. The van der Waals surface area contributed by atoms with Crippen molar-refractivity contribution in [2.24, 2.45) is 11.0 Å². The van der Waals surface area contributed by atoms with E-state index in [1.807, 2.05) is 19.9 Å². The third kappa shape index (κ3) is 6.14. The Morgan fingerprint density at radius 1 is 1.35 bits per heavy atom. The summed E-state index contributed by atoms with van der Waals surface area (Å²) in [5.41, 5.74) is 4.35. The van der Waals surface area contributed by atoms with Gasteiger partial charge in [0.15, 0.2) is 5.16 Å². The molecule has 0 saturated heterocycles. The molecule has 110 valence electrons. The molecule has 1 N–H and O–H groups in total. The molecule has 0 aromatic carbocycles. The fourth-order valence-electron chi connectivity index (χ4n) is 1.63. The van der Waals surface area contributed by atoms with E-state index in [0.717, 1.165) is 24.2 Å². The van der Waals surface area contributed by atoms with Gasteiger partial charge in [-0.2, -0.15) is 5.10 Å². The first-order chi connectivity index (χ1) is 9.55. The van der Waals surface area contributed by atoms with Gasteiger partial charge in [0.2, 0.25) is 0 Å². The highest BCUT2D eigenvalue weighted by molar-refractivity contribution is 7.99. The second-order valence-corrected chi connectivity index (χ2v) is 5.55. The van der Waals surface area contributed by atoms with Crippen molar-refractivity contribution >= 4 is 23.9 Å². The molecule has 6 heteroatoms. The zero-order valence-electron chi connectivity index (χ0n) is 12.5. The highest BCUT2D eigenvalue weighted by atomic mass is 32.2. The minimum Gasteiger partial charge on any atom is -0.272 e. The molecule has 5 nitrogen and oxygen atoms in total. The highest BCUT2D eigenvalue weighted by Crippen LogP contribution is 2.13. The number of hydrogen-bond donors (Lipinski definition) is 1. The van der Waals surface area contributed by atoms with Crippen LogP contribution in [0.1, 0.15) is 38.1 Å². The van der Waals surface area contributed by atoms with Gasteiger partial charge in [-0.3, -0.25) is 4.79 Å². The van der Waals surface area contributed by atoms with Crippen LogP contribution in [0.5, 0.6) is 0 Å². The lowest BCUT2D eigenvalue weighted by atomic mass is 10.1. The van der Waals surface area contributed by atoms with E-state index in [0.29, 0.717) is 11.1 Å². The number of nitrogens with one attached hydrogen (secondary N) is 1. The van der Waals surface area contributed by atoms with Crippen LogP contribution >= 0.6 is 11.8 Å². The van der Waals surface area contributed by atoms with Crippen molar-refractivity contribution in [2.45, 2.75) is 45.7 Å². The lowest BCUT2D eigenvalue weighted by Crippen LogP contribution is -2.20. The van der Waals surface area contributed by atoms with Gasteiger partial charge in [-0.25, -0.2) is 15.4 Å². The van der Waals surface area contributed by atoms with Gasteiger partial charge in [0.05, 0.1) is 5.75 Å². The standard InChI is InChI=1S/C14H22N4OS/c1-5-12(6-2)8-15-18-13(19)9-20-14-16-10(3)7-11(4)17-14/h7-8,12H,5-6,9H2,1-4H3,(H,18,19)/b15-8+. The largest absolute Gasteiger partial charge is 0.272 e. The summed E-state index contributed by atoms with van der Waals surface area (Å²) in [6, 6.07) is 1.91. The molecule has 1 aromatic rings. The van der Waals surface area contributed by atoms with Crippen molar-refractivity contribution < 1.29 is 4.79 Å². The maximum atomic E-state index is 11.6. The first-order valence-electron chi connectivity index (χ1n) is 6.82. The maximum absolute atomic E-state index is 11.6. The molecule has 20 heavy (non-hydrogen) atoms. The first-order valence-corrected chi connectivity index (χ1v) is 7.80. The number of nitrogens with zero attached hydrogens (tertiary/aromatic N) is 3. The number of hydrogen-bond acceptors (Lipinski definition) is 5. The molecule has 0 unspecified atom stereocenters. The van der Waals surface area contributed by atoms with E-state index >= 15 is 0 Å². The van der Waals surface area contributed by atoms with Gasteiger partial charge >= 0.3 is 0 Å². The van der Waals surface area contributed by atoms with Crippen molar-refractivity contribution in [1.29, 1.82) is 0 Å². The van der Waals surface area contributed by atoms with E-state index in [-0.39, 0.29) is 11.7 Å². The van der Waals surface area contributed by atoms with E-state index in [1.165, 1.54) is 11.8 Å². The van der Waals surface area contributed by atoms with E-state index in [1.54, 1.807) is 6.21 Å². The maximum Gasteiger partial charge on any atom is 0.250 e. The summed E-state index contributed by atoms with van der Waals surface area (Å²) in [6.07, 6.45) is 3.86. The molecule has 0 saturated carbocycles. The summed E-state index contributed by atoms with van der Waals surface area (Å²) in [5, 5.41) is 4.61. The summed E-state index contributed by atoms with van der Waals surface area (Å²) in [7, 11) is 0. The van der Waals surface area contributed by atoms with Crippen LogP contribution in [-0.4, -0.2) is 27.8 Å². The van der Waals surface area contributed by atoms with Crippen LogP contribution < -0.4 is 5.43 Å². The van der Waals surface area contributed by atoms with Gasteiger partial charge < -0.3 is 0 Å². The summed E-state index contributed by atoms with van der Waals surface area (Å²) in [4.78, 5) is 20.2. The predicted octanol–water partition coefficient (Wildman–Crippen LogP) is 2.72. The van der Waals surface area contributed by atoms with E-state index in [4.69, 9.17) is 0 Å². The Balaban J connectivity index is 2.40. The Kier molecular flexibility index (Phi) is 7.22. The van der Waals surface area contributed by atoms with Gasteiger partial charge in [-0.15, -0.1) is 0 Å². The number of rotatable bonds is 7. The average Bonchev–Trinajstić information content (AvgIpc) is 2.40. The predicted molar refractivity (Wildman–Crippen MR) is 82.9 cm³/mol. The zero-order valence-corrected chi connectivity index (χ0v) is 13.3. The topological polar surface area (TPSA) is 67.2 Å². The van der Waals surface area contributed by atoms with Gasteiger partial charge in [-0.05, 0) is 38.7 Å². The smallest absolute Gasteiger partial charge is 0.250 e. The second kappa shape index (κ2) is 8.68. The Morgan fingerprint density at radius 2 is 1.95 bits per heavy atom. The molecule has 0 fully saturated rings. The van der Waals surface area contributed by atoms with Crippen LogP contribution in [0.4, 0.5) is 0 Å². The summed E-state index contributed by atoms with van der Waals surface area (Å²) in [6.45, 7) is 8.04. The third-order valence-electron chi connectivity index (χ3n) is 2.82. The van der Waals surface area contributed by atoms with Crippen molar-refractivity contribution in [3.63, 3.8) is 0 Å². The molecule has 0 radical (unpaired) electrons. The summed E-state index contributed by atoms with van der Waals surface area (Å²) in [5.74, 6) is 0.550. The van der Waals surface area contributed by atoms with Crippen LogP contribution in [0, 0.1) is 19.8 Å². The van der Waals surface area contributed by atoms with Crippen molar-refractivity contribution in [3.8, 4) is 0 Å². The van der Waals surface area contributed by atoms with Crippen LogP contribution in [-0.2, 0) is 4.79 Å². The van der Waals surface area contributed by atoms with Gasteiger partial charge in [0, 0.05) is 17.6 Å². The molecule has 0 aliphatic carbocycles. The van der Waals surface area contributed by atoms with Crippen molar-refractivity contribution in [3.05, 3.63) is 17.5 Å². The molecule has 1 rings (SSSR count). The molecule has 1 amide bonds. The number of carbonyl (C=O) groups is 1. The van der Waals surface area contributed by atoms with Gasteiger partial charge in [0.1, 0.15) is 0 Å². The fraction of sp³-hybridized carbons (Fsp3) is 0.571. The van der Waals surface area contributed by atoms with Gasteiger partial charge in [-0.1, -0.05) is 25.6 Å². The normalized spacial score (nSPS) is 11.2. The van der Waals surface area contributed by atoms with E-state index in [2.05, 4.69) is 34.3 Å². The zero-order chi connectivity index (χ0) is 15.0. The molecular weight excluding hydrogens is 272 g/mol. The Labute approximate surface area is 124 Å². The summed E-state index contributed by atoms with van der Waals surface area (Å²) >= 11 is 1.32. The number of amides is 1. The van der Waals surface area contributed by atoms with Crippen LogP contribution in [0.2, 0.25) is 0 Å². The number of aromatic nitrogens is 2. The SMILES string of the molecule is CCC(/C=N/NC(=O)CSc1nc(C)cc(C)n1)CC. The molecule has 0 aliphatic rings.